The molecule has 0 spiro atoms. The van der Waals surface area contributed by atoms with Gasteiger partial charge in [-0.3, -0.25) is 4.79 Å². The maximum absolute atomic E-state index is 12.6. The van der Waals surface area contributed by atoms with Crippen molar-refractivity contribution in [3.63, 3.8) is 0 Å². The normalized spacial score (nSPS) is 19.4. The number of hydrogen-bond acceptors (Lipinski definition) is 4. The minimum Gasteiger partial charge on any atom is -0.334 e. The van der Waals surface area contributed by atoms with Crippen molar-refractivity contribution in [2.75, 3.05) is 19.3 Å². The topological polar surface area (TPSA) is 80.5 Å². The van der Waals surface area contributed by atoms with E-state index in [0.29, 0.717) is 18.7 Å². The molecule has 1 unspecified atom stereocenters. The van der Waals surface area contributed by atoms with Crippen LogP contribution in [0.15, 0.2) is 23.1 Å². The summed E-state index contributed by atoms with van der Waals surface area (Å²) in [7, 11) is -3.31. The largest absolute Gasteiger partial charge is 0.334 e. The molecule has 2 N–H and O–H groups in total. The monoisotopic (exact) mass is 296 g/mol. The van der Waals surface area contributed by atoms with Gasteiger partial charge in [0.15, 0.2) is 9.84 Å². The van der Waals surface area contributed by atoms with Crippen LogP contribution in [0.25, 0.3) is 0 Å². The van der Waals surface area contributed by atoms with E-state index in [-0.39, 0.29) is 16.8 Å². The van der Waals surface area contributed by atoms with Crippen molar-refractivity contribution < 1.29 is 13.2 Å². The number of likely N-dealkylation sites (tertiary alicyclic amines) is 1. The number of carbonyl (C=O) groups excluding carboxylic acids is 1. The fraction of sp³-hybridized carbons (Fsp3) is 0.500. The molecule has 5 nitrogen and oxygen atoms in total. The Morgan fingerprint density at radius 3 is 2.75 bits per heavy atom. The van der Waals surface area contributed by atoms with Crippen molar-refractivity contribution in [2.24, 2.45) is 5.73 Å². The van der Waals surface area contributed by atoms with Crippen LogP contribution in [0.1, 0.15) is 28.8 Å². The van der Waals surface area contributed by atoms with Crippen molar-refractivity contribution in [3.8, 4) is 0 Å². The first kappa shape index (κ1) is 15.0. The van der Waals surface area contributed by atoms with Gasteiger partial charge in [-0.15, -0.1) is 0 Å². The number of hydrogen-bond donors (Lipinski definition) is 1. The summed E-state index contributed by atoms with van der Waals surface area (Å²) in [6.07, 6.45) is 3.00. The first-order chi connectivity index (χ1) is 9.34. The summed E-state index contributed by atoms with van der Waals surface area (Å²) in [4.78, 5) is 14.5. The number of sulfone groups is 1. The molecule has 0 aliphatic carbocycles. The zero-order valence-corrected chi connectivity index (χ0v) is 12.6. The second-order valence-corrected chi connectivity index (χ2v) is 7.29. The van der Waals surface area contributed by atoms with Crippen LogP contribution in [-0.4, -0.2) is 44.6 Å². The van der Waals surface area contributed by atoms with Gasteiger partial charge in [-0.1, -0.05) is 6.07 Å². The third kappa shape index (κ3) is 2.86. The summed E-state index contributed by atoms with van der Waals surface area (Å²) in [5.74, 6) is -0.124. The van der Waals surface area contributed by atoms with Crippen molar-refractivity contribution in [1.82, 2.24) is 4.90 Å². The lowest BCUT2D eigenvalue weighted by molar-refractivity contribution is 0.0740. The standard InChI is InChI=1S/C14H20N2O3S/c1-10-5-6-12(20(2,18)19)8-13(10)14(17)16-7-3-4-11(16)9-15/h5-6,8,11H,3-4,7,9,15H2,1-2H3. The predicted molar refractivity (Wildman–Crippen MR) is 77.4 cm³/mol. The summed E-state index contributed by atoms with van der Waals surface area (Å²) in [6.45, 7) is 2.94. The molecular formula is C14H20N2O3S. The Kier molecular flexibility index (Phi) is 4.15. The Morgan fingerprint density at radius 1 is 1.45 bits per heavy atom. The molecule has 1 aromatic rings. The van der Waals surface area contributed by atoms with Gasteiger partial charge in [0.1, 0.15) is 0 Å². The van der Waals surface area contributed by atoms with Gasteiger partial charge < -0.3 is 10.6 Å². The number of amides is 1. The number of benzene rings is 1. The smallest absolute Gasteiger partial charge is 0.254 e. The van der Waals surface area contributed by atoms with Gasteiger partial charge in [-0.2, -0.15) is 0 Å². The minimum absolute atomic E-state index is 0.0591. The van der Waals surface area contributed by atoms with Gasteiger partial charge in [-0.05, 0) is 37.5 Å². The Hall–Kier alpha value is -1.40. The van der Waals surface area contributed by atoms with Gasteiger partial charge in [0.05, 0.1) is 4.90 Å². The van der Waals surface area contributed by atoms with Crippen LogP contribution < -0.4 is 5.73 Å². The molecule has 0 radical (unpaired) electrons. The van der Waals surface area contributed by atoms with Gasteiger partial charge in [0.25, 0.3) is 5.91 Å². The Bertz CT molecular complexity index is 625. The van der Waals surface area contributed by atoms with Gasteiger partial charge >= 0.3 is 0 Å². The van der Waals surface area contributed by atoms with Crippen LogP contribution >= 0.6 is 0 Å². The van der Waals surface area contributed by atoms with E-state index in [9.17, 15) is 13.2 Å². The number of carbonyl (C=O) groups is 1. The fourth-order valence-corrected chi connectivity index (χ4v) is 3.21. The Balaban J connectivity index is 2.39. The summed E-state index contributed by atoms with van der Waals surface area (Å²) < 4.78 is 23.2. The maximum Gasteiger partial charge on any atom is 0.254 e. The van der Waals surface area contributed by atoms with Crippen LogP contribution in [0.4, 0.5) is 0 Å². The summed E-state index contributed by atoms with van der Waals surface area (Å²) in [5.41, 5.74) is 6.92. The molecule has 1 atom stereocenters. The van der Waals surface area contributed by atoms with Crippen molar-refractivity contribution in [1.29, 1.82) is 0 Å². The molecule has 0 bridgehead atoms. The third-order valence-electron chi connectivity index (χ3n) is 3.78. The summed E-state index contributed by atoms with van der Waals surface area (Å²) in [5, 5.41) is 0. The molecule has 1 aliphatic heterocycles. The lowest BCUT2D eigenvalue weighted by atomic mass is 10.1. The van der Waals surface area contributed by atoms with Gasteiger partial charge in [0.2, 0.25) is 0 Å². The van der Waals surface area contributed by atoms with Crippen LogP contribution in [-0.2, 0) is 9.84 Å². The van der Waals surface area contributed by atoms with E-state index in [1.54, 1.807) is 11.0 Å². The van der Waals surface area contributed by atoms with E-state index in [4.69, 9.17) is 5.73 Å². The average Bonchev–Trinajstić information content (AvgIpc) is 2.85. The molecule has 110 valence electrons. The molecule has 0 saturated carbocycles. The quantitative estimate of drug-likeness (QED) is 0.901. The highest BCUT2D eigenvalue weighted by Crippen LogP contribution is 2.23. The van der Waals surface area contributed by atoms with Crippen LogP contribution in [0, 0.1) is 6.92 Å². The fourth-order valence-electron chi connectivity index (χ4n) is 2.57. The summed E-state index contributed by atoms with van der Waals surface area (Å²) >= 11 is 0. The second-order valence-electron chi connectivity index (χ2n) is 5.28. The van der Waals surface area contributed by atoms with E-state index >= 15 is 0 Å². The second kappa shape index (κ2) is 5.54. The maximum atomic E-state index is 12.6. The van der Waals surface area contributed by atoms with E-state index < -0.39 is 9.84 Å². The molecule has 1 heterocycles. The van der Waals surface area contributed by atoms with Crippen molar-refractivity contribution in [3.05, 3.63) is 29.3 Å². The predicted octanol–water partition coefficient (Wildman–Crippen LogP) is 0.962. The first-order valence-electron chi connectivity index (χ1n) is 6.66. The highest BCUT2D eigenvalue weighted by molar-refractivity contribution is 7.90. The van der Waals surface area contributed by atoms with Crippen LogP contribution in [0.3, 0.4) is 0 Å². The SMILES string of the molecule is Cc1ccc(S(C)(=O)=O)cc1C(=O)N1CCCC1CN. The molecule has 2 rings (SSSR count). The summed E-state index contributed by atoms with van der Waals surface area (Å²) in [6, 6.07) is 4.74. The van der Waals surface area contributed by atoms with Crippen LogP contribution in [0.5, 0.6) is 0 Å². The molecule has 1 amide bonds. The van der Waals surface area contributed by atoms with Gasteiger partial charge in [-0.25, -0.2) is 8.42 Å². The number of aryl methyl sites for hydroxylation is 1. The van der Waals surface area contributed by atoms with E-state index in [1.165, 1.54) is 12.1 Å². The van der Waals surface area contributed by atoms with E-state index in [0.717, 1.165) is 24.7 Å². The van der Waals surface area contributed by atoms with Crippen molar-refractivity contribution >= 4 is 15.7 Å². The highest BCUT2D eigenvalue weighted by Gasteiger charge is 2.29. The molecule has 1 aliphatic rings. The molecular weight excluding hydrogens is 276 g/mol. The van der Waals surface area contributed by atoms with Crippen LogP contribution in [0.2, 0.25) is 0 Å². The lowest BCUT2D eigenvalue weighted by Gasteiger charge is -2.24. The molecule has 0 aromatic heterocycles. The highest BCUT2D eigenvalue weighted by atomic mass is 32.2. The molecule has 1 aromatic carbocycles. The first-order valence-corrected chi connectivity index (χ1v) is 8.55. The van der Waals surface area contributed by atoms with Crippen molar-refractivity contribution in [2.45, 2.75) is 30.7 Å². The van der Waals surface area contributed by atoms with E-state index in [2.05, 4.69) is 0 Å². The number of rotatable bonds is 3. The van der Waals surface area contributed by atoms with E-state index in [1.807, 2.05) is 6.92 Å². The number of nitrogens with two attached hydrogens (primary N) is 1. The number of nitrogens with zero attached hydrogens (tertiary/aromatic N) is 1. The zero-order chi connectivity index (χ0) is 14.9. The minimum atomic E-state index is -3.31. The molecule has 1 fully saturated rings. The van der Waals surface area contributed by atoms with Gasteiger partial charge in [0, 0.05) is 31.0 Å². The molecule has 6 heteroatoms. The average molecular weight is 296 g/mol. The molecule has 1 saturated heterocycles. The lowest BCUT2D eigenvalue weighted by Crippen LogP contribution is -2.40. The Morgan fingerprint density at radius 2 is 2.15 bits per heavy atom. The third-order valence-corrected chi connectivity index (χ3v) is 4.89. The zero-order valence-electron chi connectivity index (χ0n) is 11.8. The molecule has 20 heavy (non-hydrogen) atoms. The Labute approximate surface area is 119 Å².